The normalized spacial score (nSPS) is 13.6. The molecular formula is C13H14N4S. The molecule has 0 saturated carbocycles. The lowest BCUT2D eigenvalue weighted by Gasteiger charge is -2.07. The Morgan fingerprint density at radius 3 is 3.11 bits per heavy atom. The predicted molar refractivity (Wildman–Crippen MR) is 72.9 cm³/mol. The Bertz CT molecular complexity index is 638. The third-order valence-corrected chi connectivity index (χ3v) is 4.39. The monoisotopic (exact) mass is 258 g/mol. The minimum Gasteiger partial charge on any atom is -0.368 e. The van der Waals surface area contributed by atoms with E-state index in [-0.39, 0.29) is 0 Å². The Balaban J connectivity index is 2.08. The van der Waals surface area contributed by atoms with Gasteiger partial charge in [0.2, 0.25) is 0 Å². The van der Waals surface area contributed by atoms with Crippen LogP contribution in [0.1, 0.15) is 29.1 Å². The number of nitrogens with zero attached hydrogens (tertiary/aromatic N) is 3. The topological polar surface area (TPSA) is 61.6 Å². The van der Waals surface area contributed by atoms with Gasteiger partial charge in [-0.15, -0.1) is 11.3 Å². The molecule has 0 aromatic carbocycles. The van der Waals surface area contributed by atoms with E-state index in [1.54, 1.807) is 11.3 Å². The van der Waals surface area contributed by atoms with Crippen LogP contribution in [-0.2, 0) is 12.8 Å². The number of hydrogen-bond donors (Lipinski definition) is 1. The first-order valence-electron chi connectivity index (χ1n) is 6.19. The quantitative estimate of drug-likeness (QED) is 0.860. The standard InChI is InChI=1S/C13H14N4S/c1-8-16-12(15-7-3-6-14)11-9-4-2-5-10(9)18-13(11)17-8/h2-5,7H2,1H3,(H,15,16,17). The van der Waals surface area contributed by atoms with E-state index in [1.165, 1.54) is 28.7 Å². The Labute approximate surface area is 110 Å². The third-order valence-electron chi connectivity index (χ3n) is 3.21. The maximum absolute atomic E-state index is 8.61. The van der Waals surface area contributed by atoms with Gasteiger partial charge in [0, 0.05) is 11.4 Å². The summed E-state index contributed by atoms with van der Waals surface area (Å²) >= 11 is 1.80. The molecule has 2 aromatic rings. The molecule has 18 heavy (non-hydrogen) atoms. The van der Waals surface area contributed by atoms with Crippen molar-refractivity contribution in [1.82, 2.24) is 9.97 Å². The van der Waals surface area contributed by atoms with Crippen molar-refractivity contribution in [2.45, 2.75) is 32.6 Å². The fourth-order valence-electron chi connectivity index (χ4n) is 2.47. The zero-order valence-electron chi connectivity index (χ0n) is 10.3. The number of nitriles is 1. The maximum Gasteiger partial charge on any atom is 0.138 e. The van der Waals surface area contributed by atoms with E-state index in [1.807, 2.05) is 6.92 Å². The fourth-order valence-corrected chi connectivity index (χ4v) is 3.77. The van der Waals surface area contributed by atoms with Crippen molar-refractivity contribution in [2.75, 3.05) is 11.9 Å². The lowest BCUT2D eigenvalue weighted by atomic mass is 10.2. The van der Waals surface area contributed by atoms with E-state index in [2.05, 4.69) is 21.4 Å². The van der Waals surface area contributed by atoms with E-state index in [9.17, 15) is 0 Å². The van der Waals surface area contributed by atoms with Crippen LogP contribution in [0.2, 0.25) is 0 Å². The van der Waals surface area contributed by atoms with Crippen LogP contribution < -0.4 is 5.32 Å². The molecule has 0 saturated heterocycles. The van der Waals surface area contributed by atoms with Gasteiger partial charge in [0.05, 0.1) is 17.9 Å². The highest BCUT2D eigenvalue weighted by atomic mass is 32.1. The SMILES string of the molecule is Cc1nc(NCCC#N)c2c3c(sc2n1)CCC3. The molecular weight excluding hydrogens is 244 g/mol. The first-order valence-corrected chi connectivity index (χ1v) is 7.01. The molecule has 0 spiro atoms. The van der Waals surface area contributed by atoms with Crippen molar-refractivity contribution in [2.24, 2.45) is 0 Å². The molecule has 2 heterocycles. The first-order chi connectivity index (χ1) is 8.79. The molecule has 2 aromatic heterocycles. The summed E-state index contributed by atoms with van der Waals surface area (Å²) in [5, 5.41) is 13.1. The van der Waals surface area contributed by atoms with E-state index in [4.69, 9.17) is 5.26 Å². The van der Waals surface area contributed by atoms with Gasteiger partial charge in [0.25, 0.3) is 0 Å². The average Bonchev–Trinajstić information content (AvgIpc) is 2.88. The van der Waals surface area contributed by atoms with E-state index in [0.717, 1.165) is 22.9 Å². The van der Waals surface area contributed by atoms with Gasteiger partial charge in [-0.2, -0.15) is 5.26 Å². The number of nitrogens with one attached hydrogen (secondary N) is 1. The van der Waals surface area contributed by atoms with Gasteiger partial charge in [0.15, 0.2) is 0 Å². The Morgan fingerprint density at radius 1 is 1.39 bits per heavy atom. The number of hydrogen-bond acceptors (Lipinski definition) is 5. The molecule has 0 unspecified atom stereocenters. The van der Waals surface area contributed by atoms with Crippen LogP contribution in [0.3, 0.4) is 0 Å². The van der Waals surface area contributed by atoms with Gasteiger partial charge in [-0.1, -0.05) is 0 Å². The van der Waals surface area contributed by atoms with Gasteiger partial charge in [0.1, 0.15) is 16.5 Å². The predicted octanol–water partition coefficient (Wildman–Crippen LogP) is 2.81. The maximum atomic E-state index is 8.61. The largest absolute Gasteiger partial charge is 0.368 e. The summed E-state index contributed by atoms with van der Waals surface area (Å²) in [6.07, 6.45) is 4.04. The smallest absolute Gasteiger partial charge is 0.138 e. The Hall–Kier alpha value is -1.67. The van der Waals surface area contributed by atoms with Crippen LogP contribution in [0.4, 0.5) is 5.82 Å². The Kier molecular flexibility index (Phi) is 2.88. The van der Waals surface area contributed by atoms with Crippen molar-refractivity contribution in [3.8, 4) is 6.07 Å². The first kappa shape index (κ1) is 11.4. The van der Waals surface area contributed by atoms with Crippen molar-refractivity contribution in [3.05, 3.63) is 16.3 Å². The fraction of sp³-hybridized carbons (Fsp3) is 0.462. The number of thiophene rings is 1. The van der Waals surface area contributed by atoms with Crippen LogP contribution in [-0.4, -0.2) is 16.5 Å². The molecule has 1 aliphatic rings. The lowest BCUT2D eigenvalue weighted by molar-refractivity contribution is 0.916. The molecule has 0 atom stereocenters. The molecule has 3 rings (SSSR count). The van der Waals surface area contributed by atoms with Crippen LogP contribution in [0, 0.1) is 18.3 Å². The Morgan fingerprint density at radius 2 is 2.28 bits per heavy atom. The molecule has 5 heteroatoms. The molecule has 1 N–H and O–H groups in total. The number of fused-ring (bicyclic) bond motifs is 3. The number of anilines is 1. The van der Waals surface area contributed by atoms with E-state index >= 15 is 0 Å². The van der Waals surface area contributed by atoms with Crippen molar-refractivity contribution < 1.29 is 0 Å². The molecule has 92 valence electrons. The second kappa shape index (κ2) is 4.54. The number of aromatic nitrogens is 2. The second-order valence-corrected chi connectivity index (χ2v) is 5.58. The zero-order valence-corrected chi connectivity index (χ0v) is 11.1. The zero-order chi connectivity index (χ0) is 12.5. The minimum atomic E-state index is 0.497. The number of aryl methyl sites for hydroxylation is 3. The second-order valence-electron chi connectivity index (χ2n) is 4.49. The highest BCUT2D eigenvalue weighted by Crippen LogP contribution is 2.39. The van der Waals surface area contributed by atoms with E-state index < -0.39 is 0 Å². The van der Waals surface area contributed by atoms with Crippen LogP contribution >= 0.6 is 11.3 Å². The summed E-state index contributed by atoms with van der Waals surface area (Å²) in [5.74, 6) is 1.70. The molecule has 1 aliphatic carbocycles. The lowest BCUT2D eigenvalue weighted by Crippen LogP contribution is -2.05. The summed E-state index contributed by atoms with van der Waals surface area (Å²) < 4.78 is 0. The summed E-state index contributed by atoms with van der Waals surface area (Å²) in [6.45, 7) is 2.56. The van der Waals surface area contributed by atoms with Gasteiger partial charge in [-0.3, -0.25) is 0 Å². The molecule has 0 amide bonds. The summed E-state index contributed by atoms with van der Waals surface area (Å²) in [7, 11) is 0. The molecule has 0 fully saturated rings. The van der Waals surface area contributed by atoms with Gasteiger partial charge < -0.3 is 5.32 Å². The molecule has 0 aliphatic heterocycles. The van der Waals surface area contributed by atoms with Crippen LogP contribution in [0.5, 0.6) is 0 Å². The van der Waals surface area contributed by atoms with Gasteiger partial charge in [-0.25, -0.2) is 9.97 Å². The van der Waals surface area contributed by atoms with Crippen LogP contribution in [0.15, 0.2) is 0 Å². The minimum absolute atomic E-state index is 0.497. The third kappa shape index (κ3) is 1.83. The van der Waals surface area contributed by atoms with Crippen molar-refractivity contribution >= 4 is 27.4 Å². The molecule has 0 radical (unpaired) electrons. The van der Waals surface area contributed by atoms with Crippen LogP contribution in [0.25, 0.3) is 10.2 Å². The summed E-state index contributed by atoms with van der Waals surface area (Å²) in [6, 6.07) is 2.14. The molecule has 0 bridgehead atoms. The average molecular weight is 258 g/mol. The highest BCUT2D eigenvalue weighted by molar-refractivity contribution is 7.19. The van der Waals surface area contributed by atoms with Gasteiger partial charge >= 0.3 is 0 Å². The summed E-state index contributed by atoms with van der Waals surface area (Å²) in [5.41, 5.74) is 1.43. The van der Waals surface area contributed by atoms with Crippen molar-refractivity contribution in [1.29, 1.82) is 5.26 Å². The van der Waals surface area contributed by atoms with Gasteiger partial charge in [-0.05, 0) is 31.7 Å². The van der Waals surface area contributed by atoms with E-state index in [0.29, 0.717) is 13.0 Å². The van der Waals surface area contributed by atoms with Crippen molar-refractivity contribution in [3.63, 3.8) is 0 Å². The molecule has 4 nitrogen and oxygen atoms in total. The highest BCUT2D eigenvalue weighted by Gasteiger charge is 2.21. The summed E-state index contributed by atoms with van der Waals surface area (Å²) in [4.78, 5) is 11.6. The number of rotatable bonds is 3.